The molecule has 7 nitrogen and oxygen atoms in total. The molecule has 1 aromatic carbocycles. The molecule has 6 N–H and O–H groups in total. The van der Waals surface area contributed by atoms with Crippen molar-refractivity contribution in [2.24, 2.45) is 16.9 Å². The van der Waals surface area contributed by atoms with Crippen LogP contribution in [-0.4, -0.2) is 17.6 Å². The number of primary amides is 1. The molecule has 0 aromatic heterocycles. The van der Waals surface area contributed by atoms with Crippen LogP contribution in [0.25, 0.3) is 0 Å². The lowest BCUT2D eigenvalue weighted by atomic mass is 9.63. The van der Waals surface area contributed by atoms with E-state index in [1.807, 2.05) is 18.2 Å². The second-order valence-electron chi connectivity index (χ2n) is 6.94. The lowest BCUT2D eigenvalue weighted by Gasteiger charge is -2.42. The Labute approximate surface area is 168 Å². The highest BCUT2D eigenvalue weighted by molar-refractivity contribution is 8.03. The van der Waals surface area contributed by atoms with Gasteiger partial charge in [-0.3, -0.25) is 9.59 Å². The molecular weight excluding hydrogens is 374 g/mol. The van der Waals surface area contributed by atoms with Crippen molar-refractivity contribution in [3.8, 4) is 6.07 Å². The molecule has 1 aliphatic carbocycles. The lowest BCUT2D eigenvalue weighted by Crippen LogP contribution is -2.44. The van der Waals surface area contributed by atoms with Crippen LogP contribution < -0.4 is 22.1 Å². The van der Waals surface area contributed by atoms with E-state index in [9.17, 15) is 14.9 Å². The molecular formula is C20H23N5O2S. The highest BCUT2D eigenvalue weighted by Crippen LogP contribution is 2.52. The van der Waals surface area contributed by atoms with Gasteiger partial charge in [0.25, 0.3) is 0 Å². The van der Waals surface area contributed by atoms with Crippen LogP contribution >= 0.6 is 11.8 Å². The first-order valence-corrected chi connectivity index (χ1v) is 10.2. The number of carbonyl (C=O) groups is 2. The van der Waals surface area contributed by atoms with Gasteiger partial charge in [-0.2, -0.15) is 5.26 Å². The number of hydrogen-bond acceptors (Lipinski definition) is 6. The molecule has 1 aliphatic heterocycles. The van der Waals surface area contributed by atoms with E-state index in [0.717, 1.165) is 19.3 Å². The van der Waals surface area contributed by atoms with Gasteiger partial charge in [0.15, 0.2) is 0 Å². The van der Waals surface area contributed by atoms with Crippen molar-refractivity contribution in [2.45, 2.75) is 32.1 Å². The first-order valence-electron chi connectivity index (χ1n) is 9.17. The Hall–Kier alpha value is -2.92. The number of carbonyl (C=O) groups excluding carboxylic acids is 2. The summed E-state index contributed by atoms with van der Waals surface area (Å²) in [7, 11) is 0. The largest absolute Gasteiger partial charge is 0.384 e. The highest BCUT2D eigenvalue weighted by atomic mass is 32.2. The van der Waals surface area contributed by atoms with Crippen molar-refractivity contribution in [2.75, 3.05) is 11.1 Å². The van der Waals surface area contributed by atoms with Gasteiger partial charge in [0.05, 0.1) is 28.0 Å². The van der Waals surface area contributed by atoms with Crippen LogP contribution in [0.2, 0.25) is 0 Å². The average molecular weight is 398 g/mol. The Kier molecular flexibility index (Phi) is 5.95. The monoisotopic (exact) mass is 397 g/mol. The van der Waals surface area contributed by atoms with Gasteiger partial charge >= 0.3 is 0 Å². The summed E-state index contributed by atoms with van der Waals surface area (Å²) >= 11 is 1.18. The quantitative estimate of drug-likeness (QED) is 0.602. The third-order valence-corrected chi connectivity index (χ3v) is 6.17. The number of benzene rings is 1. The predicted molar refractivity (Wildman–Crippen MR) is 109 cm³/mol. The summed E-state index contributed by atoms with van der Waals surface area (Å²) in [6.07, 6.45) is 4.12. The number of nitriles is 1. The van der Waals surface area contributed by atoms with Crippen molar-refractivity contribution < 1.29 is 9.59 Å². The van der Waals surface area contributed by atoms with Crippen LogP contribution in [0.1, 0.15) is 32.1 Å². The number of para-hydroxylation sites is 1. The molecule has 0 saturated heterocycles. The highest BCUT2D eigenvalue weighted by Gasteiger charge is 2.47. The van der Waals surface area contributed by atoms with Gasteiger partial charge in [0.2, 0.25) is 11.8 Å². The first-order chi connectivity index (χ1) is 13.5. The molecule has 0 unspecified atom stereocenters. The summed E-state index contributed by atoms with van der Waals surface area (Å²) in [4.78, 5) is 24.7. The fourth-order valence-corrected chi connectivity index (χ4v) is 4.95. The molecule has 1 aromatic rings. The molecule has 0 atom stereocenters. The second kappa shape index (κ2) is 8.40. The number of nitrogens with one attached hydrogen (secondary N) is 2. The van der Waals surface area contributed by atoms with Crippen molar-refractivity contribution in [1.82, 2.24) is 5.32 Å². The molecule has 3 rings (SSSR count). The van der Waals surface area contributed by atoms with Crippen LogP contribution in [0, 0.1) is 16.7 Å². The number of thioether (sulfide) groups is 1. The topological polar surface area (TPSA) is 134 Å². The number of allylic oxidation sites excluding steroid dienone is 1. The summed E-state index contributed by atoms with van der Waals surface area (Å²) in [6.45, 7) is 0. The Balaban J connectivity index is 1.85. The molecule has 1 spiro atoms. The molecule has 2 amide bonds. The second-order valence-corrected chi connectivity index (χ2v) is 7.93. The van der Waals surface area contributed by atoms with E-state index in [4.69, 9.17) is 11.5 Å². The van der Waals surface area contributed by atoms with Gasteiger partial charge in [-0.15, -0.1) is 0 Å². The molecule has 2 aliphatic rings. The smallest absolute Gasteiger partial charge is 0.248 e. The molecule has 8 heteroatoms. The van der Waals surface area contributed by atoms with E-state index < -0.39 is 11.3 Å². The number of dihydropyridines is 1. The zero-order valence-electron chi connectivity index (χ0n) is 15.5. The summed E-state index contributed by atoms with van der Waals surface area (Å²) in [5.41, 5.74) is 12.5. The molecule has 146 valence electrons. The van der Waals surface area contributed by atoms with Crippen molar-refractivity contribution >= 4 is 29.3 Å². The number of rotatable bonds is 5. The summed E-state index contributed by atoms with van der Waals surface area (Å²) < 4.78 is 0. The summed E-state index contributed by atoms with van der Waals surface area (Å²) in [6, 6.07) is 11.3. The molecule has 0 bridgehead atoms. The number of nitrogens with zero attached hydrogens (tertiary/aromatic N) is 1. The van der Waals surface area contributed by atoms with Crippen LogP contribution in [-0.2, 0) is 9.59 Å². The van der Waals surface area contributed by atoms with Gasteiger partial charge in [0.1, 0.15) is 5.82 Å². The van der Waals surface area contributed by atoms with Gasteiger partial charge in [-0.05, 0) is 25.0 Å². The van der Waals surface area contributed by atoms with E-state index >= 15 is 0 Å². The van der Waals surface area contributed by atoms with Gasteiger partial charge in [0, 0.05) is 11.1 Å². The first kappa shape index (κ1) is 19.8. The minimum absolute atomic E-state index is 0.0826. The minimum atomic E-state index is -0.758. The van der Waals surface area contributed by atoms with Crippen molar-refractivity contribution in [3.05, 3.63) is 52.3 Å². The Morgan fingerprint density at radius 2 is 1.89 bits per heavy atom. The number of hydrogen-bond donors (Lipinski definition) is 4. The minimum Gasteiger partial charge on any atom is -0.384 e. The maximum atomic E-state index is 12.4. The summed E-state index contributed by atoms with van der Waals surface area (Å²) in [5.74, 6) is -0.471. The third kappa shape index (κ3) is 3.85. The third-order valence-electron chi connectivity index (χ3n) is 5.17. The Morgan fingerprint density at radius 3 is 2.50 bits per heavy atom. The number of anilines is 1. The van der Waals surface area contributed by atoms with E-state index in [1.54, 1.807) is 12.1 Å². The van der Waals surface area contributed by atoms with Gasteiger partial charge in [-0.1, -0.05) is 49.2 Å². The molecule has 1 fully saturated rings. The molecule has 1 saturated carbocycles. The van der Waals surface area contributed by atoms with E-state index in [-0.39, 0.29) is 17.5 Å². The number of nitrogens with two attached hydrogens (primary N) is 2. The molecule has 0 radical (unpaired) electrons. The SMILES string of the molecule is N#CC1=C(N)NC(SCC(=O)Nc2ccccc2)=C(C(N)=O)C12CCCCC2. The van der Waals surface area contributed by atoms with Crippen LogP contribution in [0.5, 0.6) is 0 Å². The average Bonchev–Trinajstić information content (AvgIpc) is 2.67. The fraction of sp³-hybridized carbons (Fsp3) is 0.350. The Morgan fingerprint density at radius 1 is 1.21 bits per heavy atom. The van der Waals surface area contributed by atoms with Crippen molar-refractivity contribution in [1.29, 1.82) is 5.26 Å². The zero-order chi connectivity index (χ0) is 20.1. The van der Waals surface area contributed by atoms with Gasteiger partial charge < -0.3 is 22.1 Å². The molecule has 28 heavy (non-hydrogen) atoms. The van der Waals surface area contributed by atoms with Crippen LogP contribution in [0.3, 0.4) is 0 Å². The predicted octanol–water partition coefficient (Wildman–Crippen LogP) is 2.30. The zero-order valence-corrected chi connectivity index (χ0v) is 16.3. The van der Waals surface area contributed by atoms with E-state index in [0.29, 0.717) is 34.7 Å². The fourth-order valence-electron chi connectivity index (χ4n) is 3.98. The van der Waals surface area contributed by atoms with Crippen molar-refractivity contribution in [3.63, 3.8) is 0 Å². The Bertz CT molecular complexity index is 880. The normalized spacial score (nSPS) is 18.4. The van der Waals surface area contributed by atoms with E-state index in [2.05, 4.69) is 16.7 Å². The van der Waals surface area contributed by atoms with E-state index in [1.165, 1.54) is 11.8 Å². The number of amides is 2. The lowest BCUT2D eigenvalue weighted by molar-refractivity contribution is -0.116. The summed E-state index contributed by atoms with van der Waals surface area (Å²) in [5, 5.41) is 15.9. The maximum Gasteiger partial charge on any atom is 0.248 e. The standard InChI is InChI=1S/C20H23N5O2S/c21-11-14-17(22)25-19(16(18(23)27)20(14)9-5-2-6-10-20)28-12-15(26)24-13-7-3-1-4-8-13/h1,3-4,7-8,25H,2,5-6,9-10,12,22H2,(H2,23,27)(H,24,26). The maximum absolute atomic E-state index is 12.4. The van der Waals surface area contributed by atoms with Crippen LogP contribution in [0.15, 0.2) is 52.3 Å². The molecule has 1 heterocycles. The van der Waals surface area contributed by atoms with Gasteiger partial charge in [-0.25, -0.2) is 0 Å². The van der Waals surface area contributed by atoms with Crippen LogP contribution in [0.4, 0.5) is 5.69 Å².